The molecule has 1 saturated carbocycles. The third-order valence-electron chi connectivity index (χ3n) is 7.16. The van der Waals surface area contributed by atoms with Crippen molar-refractivity contribution in [2.75, 3.05) is 20.8 Å². The van der Waals surface area contributed by atoms with Gasteiger partial charge in [-0.2, -0.15) is 5.10 Å². The van der Waals surface area contributed by atoms with Gasteiger partial charge in [0.15, 0.2) is 6.61 Å². The zero-order valence-corrected chi connectivity index (χ0v) is 22.1. The molecule has 2 atom stereocenters. The predicted octanol–water partition coefficient (Wildman–Crippen LogP) is 5.96. The van der Waals surface area contributed by atoms with Crippen LogP contribution in [0, 0.1) is 17.6 Å². The van der Waals surface area contributed by atoms with Gasteiger partial charge < -0.3 is 14.2 Å². The van der Waals surface area contributed by atoms with E-state index in [1.807, 2.05) is 48.5 Å². The van der Waals surface area contributed by atoms with Gasteiger partial charge in [0.05, 0.1) is 26.0 Å². The molecule has 2 aliphatic rings. The summed E-state index contributed by atoms with van der Waals surface area (Å²) in [5, 5.41) is 6.08. The van der Waals surface area contributed by atoms with Gasteiger partial charge in [-0.25, -0.2) is 18.6 Å². The molecule has 5 rings (SSSR count). The Kier molecular flexibility index (Phi) is 7.91. The smallest absolute Gasteiger partial charge is 0.344 e. The lowest BCUT2D eigenvalue weighted by molar-refractivity contribution is -0.137. The molecule has 1 aliphatic carbocycles. The molecule has 40 heavy (non-hydrogen) atoms. The van der Waals surface area contributed by atoms with E-state index in [2.05, 4.69) is 6.08 Å². The summed E-state index contributed by atoms with van der Waals surface area (Å²) in [6.07, 6.45) is 4.56. The predicted molar refractivity (Wildman–Crippen MR) is 145 cm³/mol. The summed E-state index contributed by atoms with van der Waals surface area (Å²) in [6, 6.07) is 17.7. The number of rotatable bonds is 7. The number of nitrogens with zero attached hydrogens (tertiary/aromatic N) is 2. The van der Waals surface area contributed by atoms with Crippen LogP contribution in [0.25, 0.3) is 6.08 Å². The first kappa shape index (κ1) is 27.1. The number of carbonyl (C=O) groups is 2. The number of fused-ring (bicyclic) bond motifs is 1. The first-order chi connectivity index (χ1) is 19.4. The number of allylic oxidation sites excluding steroid dienone is 1. The summed E-state index contributed by atoms with van der Waals surface area (Å²) in [6.45, 7) is -0.722. The molecule has 0 N–H and O–H groups in total. The Morgan fingerprint density at radius 2 is 1.57 bits per heavy atom. The van der Waals surface area contributed by atoms with E-state index < -0.39 is 41.7 Å². The molecule has 7 nitrogen and oxygen atoms in total. The van der Waals surface area contributed by atoms with Gasteiger partial charge in [0.25, 0.3) is 5.91 Å². The summed E-state index contributed by atoms with van der Waals surface area (Å²) in [5.74, 6) is -2.64. The van der Waals surface area contributed by atoms with Crippen molar-refractivity contribution >= 4 is 23.7 Å². The zero-order valence-electron chi connectivity index (χ0n) is 22.1. The second kappa shape index (κ2) is 11.7. The highest BCUT2D eigenvalue weighted by Gasteiger charge is 2.44. The number of esters is 1. The molecular formula is C31H28F2N2O5. The molecule has 0 bridgehead atoms. The van der Waals surface area contributed by atoms with Crippen molar-refractivity contribution in [3.8, 4) is 11.5 Å². The minimum Gasteiger partial charge on any atom is -0.497 e. The van der Waals surface area contributed by atoms with Crippen molar-refractivity contribution in [3.63, 3.8) is 0 Å². The third-order valence-corrected chi connectivity index (χ3v) is 7.16. The van der Waals surface area contributed by atoms with Crippen molar-refractivity contribution in [2.45, 2.75) is 25.3 Å². The highest BCUT2D eigenvalue weighted by molar-refractivity contribution is 6.08. The van der Waals surface area contributed by atoms with E-state index in [0.717, 1.165) is 65.6 Å². The van der Waals surface area contributed by atoms with Gasteiger partial charge in [0.2, 0.25) is 0 Å². The molecule has 3 aromatic rings. The van der Waals surface area contributed by atoms with Gasteiger partial charge in [-0.15, -0.1) is 0 Å². The van der Waals surface area contributed by atoms with Crippen LogP contribution in [0.5, 0.6) is 11.5 Å². The number of hydrazone groups is 1. The van der Waals surface area contributed by atoms with Crippen LogP contribution < -0.4 is 9.47 Å². The monoisotopic (exact) mass is 546 g/mol. The Bertz CT molecular complexity index is 1450. The Morgan fingerprint density at radius 3 is 2.20 bits per heavy atom. The Balaban J connectivity index is 1.44. The third kappa shape index (κ3) is 5.45. The second-order valence-electron chi connectivity index (χ2n) is 9.56. The number of methoxy groups -OCH3 is 2. The molecule has 9 heteroatoms. The molecule has 0 radical (unpaired) electrons. The van der Waals surface area contributed by atoms with Crippen molar-refractivity contribution in [1.29, 1.82) is 0 Å². The van der Waals surface area contributed by atoms with Gasteiger partial charge in [-0.1, -0.05) is 30.3 Å². The van der Waals surface area contributed by atoms with Gasteiger partial charge >= 0.3 is 5.97 Å². The average Bonchev–Trinajstić information content (AvgIpc) is 3.37. The number of carbonyl (C=O) groups excluding carboxylic acids is 2. The largest absolute Gasteiger partial charge is 0.497 e. The standard InChI is InChI=1S/C31H28F2N2O5/c1-38-22-13-9-19(10-14-22)17-21-5-3-6-24-29(21)34-35(30(24)20-11-15-23(39-2)16-12-20)27(36)18-40-31(37)28-25(32)7-4-8-26(28)33/h4,7-17,24,30H,3,5-6,18H2,1-2H3/b21-17-/t24-,30+/m1/s1. The maximum absolute atomic E-state index is 14.1. The van der Waals surface area contributed by atoms with E-state index in [1.165, 1.54) is 5.01 Å². The van der Waals surface area contributed by atoms with E-state index in [4.69, 9.17) is 19.3 Å². The molecule has 1 aliphatic heterocycles. The molecule has 0 unspecified atom stereocenters. The van der Waals surface area contributed by atoms with Gasteiger partial charge in [-0.3, -0.25) is 4.79 Å². The van der Waals surface area contributed by atoms with Crippen LogP contribution in [0.3, 0.4) is 0 Å². The fourth-order valence-corrected chi connectivity index (χ4v) is 5.20. The van der Waals surface area contributed by atoms with E-state index in [9.17, 15) is 18.4 Å². The topological polar surface area (TPSA) is 77.4 Å². The minimum atomic E-state index is -1.26. The lowest BCUT2D eigenvalue weighted by Crippen LogP contribution is -2.34. The zero-order chi connectivity index (χ0) is 28.2. The number of hydrogen-bond donors (Lipinski definition) is 0. The summed E-state index contributed by atoms with van der Waals surface area (Å²) in [7, 11) is 3.19. The van der Waals surface area contributed by atoms with Crippen LogP contribution in [-0.2, 0) is 9.53 Å². The molecule has 1 amide bonds. The Labute approximate surface area is 230 Å². The normalized spacial score (nSPS) is 19.1. The van der Waals surface area contributed by atoms with Crippen LogP contribution in [-0.4, -0.2) is 43.4 Å². The molecule has 0 aromatic heterocycles. The van der Waals surface area contributed by atoms with Crippen LogP contribution in [0.2, 0.25) is 0 Å². The number of halogens is 2. The van der Waals surface area contributed by atoms with Crippen molar-refractivity contribution in [2.24, 2.45) is 11.0 Å². The molecule has 3 aromatic carbocycles. The summed E-state index contributed by atoms with van der Waals surface area (Å²) < 4.78 is 43.7. The number of benzene rings is 3. The number of hydrogen-bond acceptors (Lipinski definition) is 6. The average molecular weight is 547 g/mol. The Morgan fingerprint density at radius 1 is 0.950 bits per heavy atom. The maximum atomic E-state index is 14.1. The molecular weight excluding hydrogens is 518 g/mol. The summed E-state index contributed by atoms with van der Waals surface area (Å²) in [4.78, 5) is 25.9. The van der Waals surface area contributed by atoms with Crippen molar-refractivity contribution < 1.29 is 32.6 Å². The lowest BCUT2D eigenvalue weighted by atomic mass is 9.77. The van der Waals surface area contributed by atoms with E-state index in [0.29, 0.717) is 5.75 Å². The molecule has 0 spiro atoms. The van der Waals surface area contributed by atoms with E-state index >= 15 is 0 Å². The minimum absolute atomic E-state index is 0.0877. The molecule has 206 valence electrons. The lowest BCUT2D eigenvalue weighted by Gasteiger charge is -2.29. The van der Waals surface area contributed by atoms with Gasteiger partial charge in [0, 0.05) is 5.92 Å². The number of amides is 1. The van der Waals surface area contributed by atoms with Gasteiger partial charge in [0.1, 0.15) is 28.7 Å². The summed E-state index contributed by atoms with van der Waals surface area (Å²) in [5.41, 5.74) is 2.79. The fraction of sp³-hybridized carbons (Fsp3) is 0.258. The first-order valence-corrected chi connectivity index (χ1v) is 12.9. The van der Waals surface area contributed by atoms with Crippen molar-refractivity contribution in [1.82, 2.24) is 5.01 Å². The highest BCUT2D eigenvalue weighted by Crippen LogP contribution is 2.44. The van der Waals surface area contributed by atoms with Crippen LogP contribution >= 0.6 is 0 Å². The number of ether oxygens (including phenoxy) is 3. The second-order valence-corrected chi connectivity index (χ2v) is 9.56. The van der Waals surface area contributed by atoms with Crippen molar-refractivity contribution in [3.05, 3.63) is 101 Å². The summed E-state index contributed by atoms with van der Waals surface area (Å²) >= 11 is 0. The molecule has 1 heterocycles. The molecule has 1 fully saturated rings. The Hall–Kier alpha value is -4.53. The van der Waals surface area contributed by atoms with Crippen LogP contribution in [0.15, 0.2) is 77.4 Å². The fourth-order valence-electron chi connectivity index (χ4n) is 5.20. The van der Waals surface area contributed by atoms with E-state index in [1.54, 1.807) is 14.2 Å². The SMILES string of the molecule is COc1ccc(/C=C2/CCC[C@@H]3C2=NN(C(=O)COC(=O)c2c(F)cccc2F)[C@H]3c2ccc(OC)cc2)cc1. The quantitative estimate of drug-likeness (QED) is 0.342. The van der Waals surface area contributed by atoms with Gasteiger partial charge in [-0.05, 0) is 78.4 Å². The maximum Gasteiger partial charge on any atom is 0.344 e. The van der Waals surface area contributed by atoms with Crippen LogP contribution in [0.1, 0.15) is 46.8 Å². The van der Waals surface area contributed by atoms with E-state index in [-0.39, 0.29) is 5.92 Å². The first-order valence-electron chi connectivity index (χ1n) is 12.9. The highest BCUT2D eigenvalue weighted by atomic mass is 19.1. The van der Waals surface area contributed by atoms with Crippen LogP contribution in [0.4, 0.5) is 8.78 Å². The molecule has 0 saturated heterocycles.